The van der Waals surface area contributed by atoms with Crippen LogP contribution in [-0.4, -0.2) is 5.78 Å². The molecule has 0 amide bonds. The molecule has 0 aliphatic rings. The van der Waals surface area contributed by atoms with Crippen LogP contribution in [0.4, 0.5) is 4.39 Å². The molecule has 0 saturated carbocycles. The van der Waals surface area contributed by atoms with Crippen LogP contribution in [0.1, 0.15) is 28.6 Å². The molecule has 88 valence electrons. The van der Waals surface area contributed by atoms with Crippen molar-refractivity contribution in [3.05, 3.63) is 57.7 Å². The van der Waals surface area contributed by atoms with Crippen LogP contribution in [-0.2, 0) is 6.42 Å². The smallest absolute Gasteiger partial charge is 0.199 e. The summed E-state index contributed by atoms with van der Waals surface area (Å²) in [6, 6.07) is 5.87. The molecule has 2 aromatic rings. The second-order valence-corrected chi connectivity index (χ2v) is 4.48. The summed E-state index contributed by atoms with van der Waals surface area (Å²) in [5.74, 6) is -0.301. The summed E-state index contributed by atoms with van der Waals surface area (Å²) in [6.45, 7) is 1.88. The van der Waals surface area contributed by atoms with E-state index >= 15 is 0 Å². The lowest BCUT2D eigenvalue weighted by Gasteiger charge is -2.03. The third-order valence-corrected chi connectivity index (χ3v) is 2.98. The number of halogens is 2. The van der Waals surface area contributed by atoms with Crippen LogP contribution in [0, 0.1) is 5.82 Å². The first kappa shape index (κ1) is 12.0. The van der Waals surface area contributed by atoms with Crippen LogP contribution in [0.15, 0.2) is 39.4 Å². The molecule has 4 heteroatoms. The largest absolute Gasteiger partial charge is 0.469 e. The molecule has 0 atom stereocenters. The molecule has 0 spiro atoms. The Bertz CT molecular complexity index is 560. The molecule has 1 aromatic carbocycles. The van der Waals surface area contributed by atoms with E-state index in [2.05, 4.69) is 15.9 Å². The van der Waals surface area contributed by atoms with Crippen LogP contribution in [0.5, 0.6) is 0 Å². The number of ketones is 1. The molecule has 0 bridgehead atoms. The number of carbonyl (C=O) groups is 1. The van der Waals surface area contributed by atoms with Crippen molar-refractivity contribution in [1.29, 1.82) is 0 Å². The zero-order valence-electron chi connectivity index (χ0n) is 9.17. The van der Waals surface area contributed by atoms with Gasteiger partial charge in [0.15, 0.2) is 5.78 Å². The topological polar surface area (TPSA) is 30.2 Å². The van der Waals surface area contributed by atoms with E-state index in [0.717, 1.165) is 0 Å². The Morgan fingerprint density at radius 1 is 1.35 bits per heavy atom. The summed E-state index contributed by atoms with van der Waals surface area (Å²) >= 11 is 3.22. The van der Waals surface area contributed by atoms with E-state index in [4.69, 9.17) is 4.42 Å². The molecule has 0 radical (unpaired) electrons. The number of benzene rings is 1. The highest BCUT2D eigenvalue weighted by Gasteiger charge is 2.18. The van der Waals surface area contributed by atoms with Crippen LogP contribution in [0.25, 0.3) is 0 Å². The van der Waals surface area contributed by atoms with Gasteiger partial charge in [-0.3, -0.25) is 4.79 Å². The van der Waals surface area contributed by atoms with Crippen molar-refractivity contribution >= 4 is 21.7 Å². The van der Waals surface area contributed by atoms with Gasteiger partial charge in [0.05, 0.1) is 17.4 Å². The SMILES string of the molecule is CCc1occc1C(=O)c1cc(Br)ccc1F. The van der Waals surface area contributed by atoms with E-state index in [0.29, 0.717) is 22.2 Å². The maximum atomic E-state index is 13.6. The van der Waals surface area contributed by atoms with Crippen molar-refractivity contribution in [2.75, 3.05) is 0 Å². The van der Waals surface area contributed by atoms with Crippen molar-refractivity contribution in [3.63, 3.8) is 0 Å². The van der Waals surface area contributed by atoms with Gasteiger partial charge in [-0.05, 0) is 24.3 Å². The first-order valence-electron chi connectivity index (χ1n) is 5.19. The van der Waals surface area contributed by atoms with Gasteiger partial charge in [0.1, 0.15) is 11.6 Å². The fourth-order valence-electron chi connectivity index (χ4n) is 1.63. The second-order valence-electron chi connectivity index (χ2n) is 3.56. The molecule has 1 aromatic heterocycles. The maximum absolute atomic E-state index is 13.6. The van der Waals surface area contributed by atoms with Gasteiger partial charge in [0.2, 0.25) is 0 Å². The molecule has 0 unspecified atom stereocenters. The van der Waals surface area contributed by atoms with Gasteiger partial charge in [-0.15, -0.1) is 0 Å². The highest BCUT2D eigenvalue weighted by Crippen LogP contribution is 2.21. The molecule has 0 N–H and O–H groups in total. The number of aryl methyl sites for hydroxylation is 1. The van der Waals surface area contributed by atoms with Crippen molar-refractivity contribution in [3.8, 4) is 0 Å². The lowest BCUT2D eigenvalue weighted by Crippen LogP contribution is -2.05. The van der Waals surface area contributed by atoms with Gasteiger partial charge in [0, 0.05) is 10.9 Å². The number of carbonyl (C=O) groups excluding carboxylic acids is 1. The summed E-state index contributed by atoms with van der Waals surface area (Å²) in [6.07, 6.45) is 2.05. The Kier molecular flexibility index (Phi) is 3.43. The zero-order valence-corrected chi connectivity index (χ0v) is 10.8. The highest BCUT2D eigenvalue weighted by atomic mass is 79.9. The van der Waals surface area contributed by atoms with E-state index in [-0.39, 0.29) is 11.3 Å². The number of hydrogen-bond acceptors (Lipinski definition) is 2. The zero-order chi connectivity index (χ0) is 12.4. The van der Waals surface area contributed by atoms with Gasteiger partial charge in [-0.25, -0.2) is 4.39 Å². The molecule has 1 heterocycles. The first-order valence-corrected chi connectivity index (χ1v) is 5.99. The average Bonchev–Trinajstić information content (AvgIpc) is 2.79. The van der Waals surface area contributed by atoms with Crippen molar-refractivity contribution in [1.82, 2.24) is 0 Å². The first-order chi connectivity index (χ1) is 8.13. The molecular weight excluding hydrogens is 287 g/mol. The van der Waals surface area contributed by atoms with Gasteiger partial charge in [0.25, 0.3) is 0 Å². The molecular formula is C13H10BrFO2. The molecule has 2 nitrogen and oxygen atoms in total. The van der Waals surface area contributed by atoms with Crippen molar-refractivity contribution in [2.24, 2.45) is 0 Å². The fourth-order valence-corrected chi connectivity index (χ4v) is 1.99. The third-order valence-electron chi connectivity index (χ3n) is 2.48. The number of rotatable bonds is 3. The minimum Gasteiger partial charge on any atom is -0.469 e. The van der Waals surface area contributed by atoms with E-state index in [9.17, 15) is 9.18 Å². The Morgan fingerprint density at radius 3 is 2.82 bits per heavy atom. The third kappa shape index (κ3) is 2.31. The van der Waals surface area contributed by atoms with Crippen molar-refractivity contribution in [2.45, 2.75) is 13.3 Å². The summed E-state index contributed by atoms with van der Waals surface area (Å²) < 4.78 is 19.4. The molecule has 0 aliphatic carbocycles. The summed E-state index contributed by atoms with van der Waals surface area (Å²) in [4.78, 5) is 12.1. The molecule has 0 saturated heterocycles. The van der Waals surface area contributed by atoms with Gasteiger partial charge in [-0.2, -0.15) is 0 Å². The van der Waals surface area contributed by atoms with Crippen LogP contribution >= 0.6 is 15.9 Å². The van der Waals surface area contributed by atoms with Crippen molar-refractivity contribution < 1.29 is 13.6 Å². The standard InChI is InChI=1S/C13H10BrFO2/c1-2-12-9(5-6-17-12)13(16)10-7-8(14)3-4-11(10)15/h3-7H,2H2,1H3. The van der Waals surface area contributed by atoms with Gasteiger partial charge >= 0.3 is 0 Å². The second kappa shape index (κ2) is 4.84. The fraction of sp³-hybridized carbons (Fsp3) is 0.154. The minimum absolute atomic E-state index is 0.0514. The van der Waals surface area contributed by atoms with E-state index in [1.807, 2.05) is 6.92 Å². The summed E-state index contributed by atoms with van der Waals surface area (Å²) in [5.41, 5.74) is 0.472. The molecule has 0 fully saturated rings. The Balaban J connectivity index is 2.47. The van der Waals surface area contributed by atoms with E-state index in [1.165, 1.54) is 18.4 Å². The van der Waals surface area contributed by atoms with Crippen LogP contribution in [0.3, 0.4) is 0 Å². The Morgan fingerprint density at radius 2 is 2.12 bits per heavy atom. The van der Waals surface area contributed by atoms with Crippen LogP contribution < -0.4 is 0 Å². The average molecular weight is 297 g/mol. The Labute approximate surface area is 107 Å². The lowest BCUT2D eigenvalue weighted by molar-refractivity contribution is 0.103. The summed E-state index contributed by atoms with van der Waals surface area (Å²) in [7, 11) is 0. The van der Waals surface area contributed by atoms with Gasteiger partial charge in [-0.1, -0.05) is 22.9 Å². The molecule has 17 heavy (non-hydrogen) atoms. The number of hydrogen-bond donors (Lipinski definition) is 0. The monoisotopic (exact) mass is 296 g/mol. The number of furan rings is 1. The van der Waals surface area contributed by atoms with E-state index in [1.54, 1.807) is 12.1 Å². The maximum Gasteiger partial charge on any atom is 0.199 e. The normalized spacial score (nSPS) is 10.5. The lowest BCUT2D eigenvalue weighted by atomic mass is 10.0. The van der Waals surface area contributed by atoms with Gasteiger partial charge < -0.3 is 4.42 Å². The highest BCUT2D eigenvalue weighted by molar-refractivity contribution is 9.10. The quantitative estimate of drug-likeness (QED) is 0.802. The Hall–Kier alpha value is -1.42. The van der Waals surface area contributed by atoms with Crippen LogP contribution in [0.2, 0.25) is 0 Å². The molecule has 2 rings (SSSR count). The predicted octanol–water partition coefficient (Wildman–Crippen LogP) is 3.97. The predicted molar refractivity (Wildman–Crippen MR) is 65.6 cm³/mol. The minimum atomic E-state index is -0.526. The summed E-state index contributed by atoms with van der Waals surface area (Å²) in [5, 5.41) is 0. The molecule has 0 aliphatic heterocycles. The van der Waals surface area contributed by atoms with E-state index < -0.39 is 5.82 Å².